The third-order valence-electron chi connectivity index (χ3n) is 5.28. The van der Waals surface area contributed by atoms with Gasteiger partial charge in [0.1, 0.15) is 11.3 Å². The van der Waals surface area contributed by atoms with Crippen LogP contribution in [-0.2, 0) is 4.74 Å². The first kappa shape index (κ1) is 24.5. The number of hydrogen-bond acceptors (Lipinski definition) is 3. The maximum Gasteiger partial charge on any atom is 0.341 e. The van der Waals surface area contributed by atoms with Crippen molar-refractivity contribution >= 4 is 5.97 Å². The Morgan fingerprint density at radius 3 is 1.75 bits per heavy atom. The fraction of sp³-hybridized carbons (Fsp3) is 0.720. The molecule has 1 N–H and O–H groups in total. The van der Waals surface area contributed by atoms with E-state index >= 15 is 0 Å². The molecule has 0 radical (unpaired) electrons. The first-order valence-corrected chi connectivity index (χ1v) is 11.6. The molecule has 1 aromatic rings. The van der Waals surface area contributed by atoms with Gasteiger partial charge < -0.3 is 9.84 Å². The molecule has 3 heteroatoms. The van der Waals surface area contributed by atoms with Crippen molar-refractivity contribution < 1.29 is 14.6 Å². The number of rotatable bonds is 17. The number of carbonyl (C=O) groups excluding carboxylic acids is 1. The van der Waals surface area contributed by atoms with Crippen LogP contribution in [0.25, 0.3) is 0 Å². The van der Waals surface area contributed by atoms with E-state index in [0.717, 1.165) is 18.8 Å². The SMILES string of the molecule is CC(C)CCCCCCCCCCCCCCCOC(=O)c1ccccc1O. The van der Waals surface area contributed by atoms with Gasteiger partial charge in [-0.25, -0.2) is 4.79 Å². The van der Waals surface area contributed by atoms with Crippen molar-refractivity contribution in [1.29, 1.82) is 0 Å². The summed E-state index contributed by atoms with van der Waals surface area (Å²) < 4.78 is 5.23. The van der Waals surface area contributed by atoms with Crippen LogP contribution in [-0.4, -0.2) is 17.7 Å². The smallest absolute Gasteiger partial charge is 0.341 e. The van der Waals surface area contributed by atoms with Crippen LogP contribution in [0.3, 0.4) is 0 Å². The van der Waals surface area contributed by atoms with Gasteiger partial charge in [0.15, 0.2) is 0 Å². The predicted octanol–water partition coefficient (Wildman–Crippen LogP) is 7.67. The first-order valence-electron chi connectivity index (χ1n) is 11.6. The normalized spacial score (nSPS) is 11.1. The van der Waals surface area contributed by atoms with Gasteiger partial charge in [0.05, 0.1) is 6.61 Å². The Balaban J connectivity index is 1.81. The van der Waals surface area contributed by atoms with E-state index in [1.165, 1.54) is 83.1 Å². The van der Waals surface area contributed by atoms with Crippen molar-refractivity contribution in [1.82, 2.24) is 0 Å². The average molecular weight is 391 g/mol. The molecule has 0 atom stereocenters. The first-order chi connectivity index (χ1) is 13.6. The van der Waals surface area contributed by atoms with E-state index in [-0.39, 0.29) is 11.3 Å². The highest BCUT2D eigenvalue weighted by Gasteiger charge is 2.10. The summed E-state index contributed by atoms with van der Waals surface area (Å²) >= 11 is 0. The topological polar surface area (TPSA) is 46.5 Å². The quantitative estimate of drug-likeness (QED) is 0.219. The highest BCUT2D eigenvalue weighted by atomic mass is 16.5. The summed E-state index contributed by atoms with van der Waals surface area (Å²) in [6.45, 7) is 5.06. The molecule has 0 amide bonds. The summed E-state index contributed by atoms with van der Waals surface area (Å²) in [6.07, 6.45) is 18.4. The molecule has 3 nitrogen and oxygen atoms in total. The second-order valence-electron chi connectivity index (χ2n) is 8.43. The molecule has 0 heterocycles. The largest absolute Gasteiger partial charge is 0.507 e. The Hall–Kier alpha value is -1.51. The van der Waals surface area contributed by atoms with Gasteiger partial charge in [-0.1, -0.05) is 109 Å². The number of unbranched alkanes of at least 4 members (excludes halogenated alkanes) is 12. The van der Waals surface area contributed by atoms with E-state index in [4.69, 9.17) is 4.74 Å². The van der Waals surface area contributed by atoms with Crippen molar-refractivity contribution in [2.75, 3.05) is 6.61 Å². The molecule has 0 aromatic heterocycles. The molecule has 1 rings (SSSR count). The molecule has 0 fully saturated rings. The molecule has 0 saturated carbocycles. The maximum atomic E-state index is 11.8. The van der Waals surface area contributed by atoms with Crippen LogP contribution in [0.15, 0.2) is 24.3 Å². The standard InChI is InChI=1S/C25H42O3/c1-22(2)18-14-12-10-8-6-4-3-5-7-9-11-13-17-21-28-25(27)23-19-15-16-20-24(23)26/h15-16,19-20,22,26H,3-14,17-18,21H2,1-2H3. The van der Waals surface area contributed by atoms with Gasteiger partial charge in [-0.15, -0.1) is 0 Å². The molecule has 160 valence electrons. The monoisotopic (exact) mass is 390 g/mol. The highest BCUT2D eigenvalue weighted by Crippen LogP contribution is 2.17. The molecule has 0 bridgehead atoms. The van der Waals surface area contributed by atoms with Crippen LogP contribution in [0, 0.1) is 5.92 Å². The highest BCUT2D eigenvalue weighted by molar-refractivity contribution is 5.92. The van der Waals surface area contributed by atoms with E-state index in [9.17, 15) is 9.90 Å². The summed E-state index contributed by atoms with van der Waals surface area (Å²) in [4.78, 5) is 11.8. The molecule has 28 heavy (non-hydrogen) atoms. The van der Waals surface area contributed by atoms with Crippen LogP contribution in [0.1, 0.15) is 114 Å². The van der Waals surface area contributed by atoms with Gasteiger partial charge in [-0.3, -0.25) is 0 Å². The van der Waals surface area contributed by atoms with E-state index < -0.39 is 5.97 Å². The van der Waals surface area contributed by atoms with Gasteiger partial charge in [-0.05, 0) is 24.5 Å². The number of aromatic hydroxyl groups is 1. The molecule has 0 aliphatic carbocycles. The third kappa shape index (κ3) is 12.8. The molecule has 0 aliphatic rings. The molecule has 0 aliphatic heterocycles. The van der Waals surface area contributed by atoms with Crippen molar-refractivity contribution in [3.63, 3.8) is 0 Å². The van der Waals surface area contributed by atoms with Gasteiger partial charge in [-0.2, -0.15) is 0 Å². The Bertz CT molecular complexity index is 510. The minimum Gasteiger partial charge on any atom is -0.507 e. The lowest BCUT2D eigenvalue weighted by Gasteiger charge is -2.06. The zero-order valence-corrected chi connectivity index (χ0v) is 18.3. The van der Waals surface area contributed by atoms with Gasteiger partial charge in [0, 0.05) is 0 Å². The van der Waals surface area contributed by atoms with Crippen LogP contribution in [0.4, 0.5) is 0 Å². The number of esters is 1. The van der Waals surface area contributed by atoms with Crippen molar-refractivity contribution in [3.05, 3.63) is 29.8 Å². The zero-order valence-electron chi connectivity index (χ0n) is 18.3. The summed E-state index contributed by atoms with van der Waals surface area (Å²) in [5.74, 6) is 0.412. The fourth-order valence-electron chi connectivity index (χ4n) is 3.49. The Labute approximate surface area is 172 Å². The molecule has 1 aromatic carbocycles. The van der Waals surface area contributed by atoms with Gasteiger partial charge in [0.2, 0.25) is 0 Å². The van der Waals surface area contributed by atoms with Crippen molar-refractivity contribution in [3.8, 4) is 5.75 Å². The third-order valence-corrected chi connectivity index (χ3v) is 5.28. The Morgan fingerprint density at radius 2 is 1.25 bits per heavy atom. The number of carbonyl (C=O) groups is 1. The maximum absolute atomic E-state index is 11.8. The molecule has 0 unspecified atom stereocenters. The minimum atomic E-state index is -0.432. The number of phenols is 1. The number of para-hydroxylation sites is 1. The lowest BCUT2D eigenvalue weighted by atomic mass is 10.0. The van der Waals surface area contributed by atoms with E-state index in [0.29, 0.717) is 6.61 Å². The summed E-state index contributed by atoms with van der Waals surface area (Å²) in [5.41, 5.74) is 0.248. The Kier molecular flexibility index (Phi) is 14.4. The van der Waals surface area contributed by atoms with Crippen molar-refractivity contribution in [2.24, 2.45) is 5.92 Å². The number of hydrogen-bond donors (Lipinski definition) is 1. The minimum absolute atomic E-state index is 0.0152. The van der Waals surface area contributed by atoms with Crippen LogP contribution >= 0.6 is 0 Å². The van der Waals surface area contributed by atoms with E-state index in [1.807, 2.05) is 0 Å². The van der Waals surface area contributed by atoms with E-state index in [1.54, 1.807) is 18.2 Å². The van der Waals surface area contributed by atoms with Crippen LogP contribution in [0.2, 0.25) is 0 Å². The molecular weight excluding hydrogens is 348 g/mol. The second kappa shape index (κ2) is 16.4. The van der Waals surface area contributed by atoms with E-state index in [2.05, 4.69) is 13.8 Å². The number of phenolic OH excluding ortho intramolecular Hbond substituents is 1. The second-order valence-corrected chi connectivity index (χ2v) is 8.43. The zero-order chi connectivity index (χ0) is 20.5. The van der Waals surface area contributed by atoms with Crippen LogP contribution in [0.5, 0.6) is 5.75 Å². The molecule has 0 saturated heterocycles. The molecular formula is C25H42O3. The lowest BCUT2D eigenvalue weighted by molar-refractivity contribution is 0.0494. The van der Waals surface area contributed by atoms with Crippen molar-refractivity contribution in [2.45, 2.75) is 104 Å². The van der Waals surface area contributed by atoms with Gasteiger partial charge >= 0.3 is 5.97 Å². The van der Waals surface area contributed by atoms with Gasteiger partial charge in [0.25, 0.3) is 0 Å². The average Bonchev–Trinajstić information content (AvgIpc) is 2.67. The summed E-state index contributed by atoms with van der Waals surface area (Å²) in [6, 6.07) is 6.51. The Morgan fingerprint density at radius 1 is 0.786 bits per heavy atom. The molecule has 0 spiro atoms. The fourth-order valence-corrected chi connectivity index (χ4v) is 3.49. The number of benzene rings is 1. The number of ether oxygens (including phenoxy) is 1. The summed E-state index contributed by atoms with van der Waals surface area (Å²) in [7, 11) is 0. The van der Waals surface area contributed by atoms with Crippen LogP contribution < -0.4 is 0 Å². The predicted molar refractivity (Wildman–Crippen MR) is 118 cm³/mol. The lowest BCUT2D eigenvalue weighted by Crippen LogP contribution is -2.06. The summed E-state index contributed by atoms with van der Waals surface area (Å²) in [5, 5.41) is 9.62.